The third kappa shape index (κ3) is 6.78. The van der Waals surface area contributed by atoms with E-state index < -0.39 is 29.8 Å². The zero-order valence-electron chi connectivity index (χ0n) is 17.6. The van der Waals surface area contributed by atoms with E-state index in [1.165, 1.54) is 6.92 Å². The molecule has 0 aromatic heterocycles. The maximum absolute atomic E-state index is 13.2. The molecule has 3 atom stereocenters. The Kier molecular flexibility index (Phi) is 7.49. The van der Waals surface area contributed by atoms with Gasteiger partial charge in [-0.25, -0.2) is 4.79 Å². The molecule has 29 heavy (non-hydrogen) atoms. The summed E-state index contributed by atoms with van der Waals surface area (Å²) in [6, 6.07) is 6.37. The molecule has 1 heterocycles. The van der Waals surface area contributed by atoms with Crippen LogP contribution in [0.5, 0.6) is 0 Å². The predicted molar refractivity (Wildman–Crippen MR) is 108 cm³/mol. The first-order chi connectivity index (χ1) is 13.3. The highest BCUT2D eigenvalue weighted by atomic mass is 35.5. The molecular weight excluding hydrogens is 405 g/mol. The summed E-state index contributed by atoms with van der Waals surface area (Å²) >= 11 is 5.96. The molecule has 0 aliphatic carbocycles. The summed E-state index contributed by atoms with van der Waals surface area (Å²) < 4.78 is 45.2. The summed E-state index contributed by atoms with van der Waals surface area (Å²) in [6.07, 6.45) is -4.70. The number of benzene rings is 1. The van der Waals surface area contributed by atoms with Crippen molar-refractivity contribution in [2.24, 2.45) is 5.92 Å². The van der Waals surface area contributed by atoms with Crippen molar-refractivity contribution in [3.63, 3.8) is 0 Å². The lowest BCUT2D eigenvalue weighted by Crippen LogP contribution is -2.55. The Bertz CT molecular complexity index is 689. The minimum absolute atomic E-state index is 0.0513. The van der Waals surface area contributed by atoms with Gasteiger partial charge in [-0.2, -0.15) is 13.2 Å². The molecule has 0 saturated carbocycles. The SMILES string of the molecule is CC1CN(C(CC(C)C(F)(F)F)c2ccc(Cl)cc2)CCN1C(=O)OC(C)(C)C. The van der Waals surface area contributed by atoms with Crippen molar-refractivity contribution in [2.45, 2.75) is 64.9 Å². The van der Waals surface area contributed by atoms with E-state index in [-0.39, 0.29) is 12.5 Å². The molecule has 1 aliphatic rings. The molecule has 0 radical (unpaired) electrons. The van der Waals surface area contributed by atoms with Crippen LogP contribution in [-0.2, 0) is 4.74 Å². The van der Waals surface area contributed by atoms with Gasteiger partial charge in [-0.1, -0.05) is 30.7 Å². The van der Waals surface area contributed by atoms with E-state index in [2.05, 4.69) is 0 Å². The Morgan fingerprint density at radius 1 is 1.21 bits per heavy atom. The van der Waals surface area contributed by atoms with Gasteiger partial charge >= 0.3 is 12.3 Å². The van der Waals surface area contributed by atoms with Crippen molar-refractivity contribution in [1.29, 1.82) is 0 Å². The first-order valence-electron chi connectivity index (χ1n) is 9.84. The van der Waals surface area contributed by atoms with Gasteiger partial charge in [0.2, 0.25) is 0 Å². The van der Waals surface area contributed by atoms with Crippen LogP contribution in [0.15, 0.2) is 24.3 Å². The standard InChI is InChI=1S/C21H30ClF3N2O2/c1-14(21(23,24)25)12-18(16-6-8-17(22)9-7-16)26-10-11-27(15(2)13-26)19(28)29-20(3,4)5/h6-9,14-15,18H,10-13H2,1-5H3. The molecule has 164 valence electrons. The van der Waals surface area contributed by atoms with Crippen LogP contribution in [-0.4, -0.2) is 53.3 Å². The monoisotopic (exact) mass is 434 g/mol. The van der Waals surface area contributed by atoms with Gasteiger partial charge in [-0.3, -0.25) is 4.90 Å². The Hall–Kier alpha value is -1.47. The fourth-order valence-corrected chi connectivity index (χ4v) is 3.64. The number of rotatable bonds is 4. The molecule has 1 aliphatic heterocycles. The zero-order chi connectivity index (χ0) is 22.0. The highest BCUT2D eigenvalue weighted by molar-refractivity contribution is 6.30. The maximum atomic E-state index is 13.2. The molecule has 1 saturated heterocycles. The van der Waals surface area contributed by atoms with Gasteiger partial charge in [-0.15, -0.1) is 0 Å². The second-order valence-corrected chi connectivity index (χ2v) is 9.20. The molecule has 4 nitrogen and oxygen atoms in total. The van der Waals surface area contributed by atoms with Crippen LogP contribution in [0, 0.1) is 5.92 Å². The van der Waals surface area contributed by atoms with Crippen LogP contribution in [0.3, 0.4) is 0 Å². The van der Waals surface area contributed by atoms with Crippen molar-refractivity contribution >= 4 is 17.7 Å². The molecule has 3 unspecified atom stereocenters. The van der Waals surface area contributed by atoms with Crippen LogP contribution in [0.4, 0.5) is 18.0 Å². The van der Waals surface area contributed by atoms with Crippen molar-refractivity contribution in [3.05, 3.63) is 34.9 Å². The van der Waals surface area contributed by atoms with E-state index >= 15 is 0 Å². The Labute approximate surface area is 175 Å². The fourth-order valence-electron chi connectivity index (χ4n) is 3.51. The predicted octanol–water partition coefficient (Wildman–Crippen LogP) is 5.91. The molecule has 1 fully saturated rings. The highest BCUT2D eigenvalue weighted by Crippen LogP contribution is 2.37. The van der Waals surface area contributed by atoms with Crippen molar-refractivity contribution in [1.82, 2.24) is 9.80 Å². The minimum atomic E-state index is -4.26. The Morgan fingerprint density at radius 2 is 1.79 bits per heavy atom. The smallest absolute Gasteiger partial charge is 0.410 e. The van der Waals surface area contributed by atoms with Gasteiger partial charge in [0.25, 0.3) is 0 Å². The zero-order valence-corrected chi connectivity index (χ0v) is 18.3. The number of carbonyl (C=O) groups excluding carboxylic acids is 1. The highest BCUT2D eigenvalue weighted by Gasteiger charge is 2.40. The fraction of sp³-hybridized carbons (Fsp3) is 0.667. The first kappa shape index (κ1) is 23.8. The number of carbonyl (C=O) groups is 1. The summed E-state index contributed by atoms with van der Waals surface area (Å²) in [5, 5.41) is 0.541. The number of amides is 1. The van der Waals surface area contributed by atoms with Gasteiger partial charge in [0.05, 0.1) is 5.92 Å². The average molecular weight is 435 g/mol. The lowest BCUT2D eigenvalue weighted by atomic mass is 9.93. The summed E-state index contributed by atoms with van der Waals surface area (Å²) in [6.45, 7) is 9.87. The lowest BCUT2D eigenvalue weighted by Gasteiger charge is -2.44. The Morgan fingerprint density at radius 3 is 2.28 bits per heavy atom. The maximum Gasteiger partial charge on any atom is 0.410 e. The van der Waals surface area contributed by atoms with Gasteiger partial charge in [0.1, 0.15) is 5.60 Å². The van der Waals surface area contributed by atoms with Crippen LogP contribution in [0.2, 0.25) is 5.02 Å². The van der Waals surface area contributed by atoms with E-state index in [1.807, 2.05) is 11.8 Å². The molecule has 0 N–H and O–H groups in total. The molecular formula is C21H30ClF3N2O2. The van der Waals surface area contributed by atoms with Gasteiger partial charge in [0, 0.05) is 36.7 Å². The van der Waals surface area contributed by atoms with Gasteiger partial charge in [-0.05, 0) is 51.8 Å². The van der Waals surface area contributed by atoms with Crippen molar-refractivity contribution < 1.29 is 22.7 Å². The summed E-state index contributed by atoms with van der Waals surface area (Å²) in [5.74, 6) is -1.44. The van der Waals surface area contributed by atoms with E-state index in [4.69, 9.17) is 16.3 Å². The van der Waals surface area contributed by atoms with Gasteiger partial charge in [0.15, 0.2) is 0 Å². The summed E-state index contributed by atoms with van der Waals surface area (Å²) in [5.41, 5.74) is 0.200. The van der Waals surface area contributed by atoms with E-state index in [1.54, 1.807) is 49.9 Å². The van der Waals surface area contributed by atoms with E-state index in [9.17, 15) is 18.0 Å². The average Bonchev–Trinajstić information content (AvgIpc) is 2.57. The van der Waals surface area contributed by atoms with Crippen LogP contribution in [0.25, 0.3) is 0 Å². The first-order valence-corrected chi connectivity index (χ1v) is 10.2. The normalized spacial score (nSPS) is 21.0. The topological polar surface area (TPSA) is 32.8 Å². The molecule has 1 amide bonds. The molecule has 1 aromatic carbocycles. The van der Waals surface area contributed by atoms with Crippen molar-refractivity contribution in [2.75, 3.05) is 19.6 Å². The van der Waals surface area contributed by atoms with E-state index in [0.717, 1.165) is 5.56 Å². The number of piperazine rings is 1. The molecule has 2 rings (SSSR count). The summed E-state index contributed by atoms with van der Waals surface area (Å²) in [7, 11) is 0. The van der Waals surface area contributed by atoms with Crippen molar-refractivity contribution in [3.8, 4) is 0 Å². The summed E-state index contributed by atoms with van der Waals surface area (Å²) in [4.78, 5) is 16.1. The second-order valence-electron chi connectivity index (χ2n) is 8.76. The minimum Gasteiger partial charge on any atom is -0.444 e. The lowest BCUT2D eigenvalue weighted by molar-refractivity contribution is -0.175. The van der Waals surface area contributed by atoms with Gasteiger partial charge < -0.3 is 9.64 Å². The second kappa shape index (κ2) is 9.13. The molecule has 8 heteroatoms. The van der Waals surface area contributed by atoms with Crippen LogP contribution >= 0.6 is 11.6 Å². The Balaban J connectivity index is 2.17. The number of nitrogens with zero attached hydrogens (tertiary/aromatic N) is 2. The number of alkyl halides is 3. The molecule has 1 aromatic rings. The van der Waals surface area contributed by atoms with Crippen LogP contribution < -0.4 is 0 Å². The number of hydrogen-bond acceptors (Lipinski definition) is 3. The van der Waals surface area contributed by atoms with E-state index in [0.29, 0.717) is 24.7 Å². The quantitative estimate of drug-likeness (QED) is 0.590. The van der Waals surface area contributed by atoms with Crippen LogP contribution in [0.1, 0.15) is 52.6 Å². The third-order valence-corrected chi connectivity index (χ3v) is 5.37. The third-order valence-electron chi connectivity index (χ3n) is 5.12. The molecule has 0 bridgehead atoms. The number of hydrogen-bond donors (Lipinski definition) is 0. The molecule has 0 spiro atoms. The largest absolute Gasteiger partial charge is 0.444 e. The number of ether oxygens (including phenoxy) is 1. The number of halogens is 4.